The first-order chi connectivity index (χ1) is 14.1. The van der Waals surface area contributed by atoms with Crippen LogP contribution in [-0.4, -0.2) is 58.7 Å². The van der Waals surface area contributed by atoms with E-state index in [0.29, 0.717) is 48.1 Å². The van der Waals surface area contributed by atoms with Gasteiger partial charge in [-0.1, -0.05) is 17.7 Å². The van der Waals surface area contributed by atoms with Gasteiger partial charge >= 0.3 is 0 Å². The molecule has 0 spiro atoms. The molecule has 10 heteroatoms. The van der Waals surface area contributed by atoms with E-state index < -0.39 is 10.0 Å². The third-order valence-corrected chi connectivity index (χ3v) is 7.17. The first-order valence-corrected chi connectivity index (χ1v) is 11.3. The van der Waals surface area contributed by atoms with Crippen LogP contribution in [0.2, 0.25) is 0 Å². The lowest BCUT2D eigenvalue weighted by atomic mass is 10.1. The van der Waals surface area contributed by atoms with Crippen LogP contribution >= 0.6 is 0 Å². The summed E-state index contributed by atoms with van der Waals surface area (Å²) in [5.41, 5.74) is 0.968. The molecule has 1 aromatic carbocycles. The number of fused-ring (bicyclic) bond motifs is 1. The van der Waals surface area contributed by atoms with E-state index in [4.69, 9.17) is 0 Å². The van der Waals surface area contributed by atoms with Gasteiger partial charge in [0.15, 0.2) is 5.65 Å². The van der Waals surface area contributed by atoms with Crippen molar-refractivity contribution < 1.29 is 8.42 Å². The van der Waals surface area contributed by atoms with Crippen LogP contribution in [0.1, 0.15) is 26.3 Å². The maximum absolute atomic E-state index is 12.9. The van der Waals surface area contributed by atoms with Gasteiger partial charge in [0.2, 0.25) is 16.0 Å². The normalized spacial score (nSPS) is 16.3. The fourth-order valence-corrected chi connectivity index (χ4v) is 4.97. The molecule has 2 aromatic heterocycles. The predicted molar refractivity (Wildman–Crippen MR) is 115 cm³/mol. The summed E-state index contributed by atoms with van der Waals surface area (Å²) in [7, 11) is -3.54. The number of hydrogen-bond donors (Lipinski definition) is 1. The Morgan fingerprint density at radius 2 is 1.67 bits per heavy atom. The van der Waals surface area contributed by atoms with E-state index in [0.717, 1.165) is 5.56 Å². The molecule has 30 heavy (non-hydrogen) atoms. The molecule has 1 saturated heterocycles. The number of anilines is 1. The Morgan fingerprint density at radius 1 is 1.03 bits per heavy atom. The summed E-state index contributed by atoms with van der Waals surface area (Å²) in [4.78, 5) is 22.2. The van der Waals surface area contributed by atoms with Gasteiger partial charge in [-0.3, -0.25) is 9.78 Å². The quantitative estimate of drug-likeness (QED) is 0.678. The van der Waals surface area contributed by atoms with Gasteiger partial charge in [0, 0.05) is 26.2 Å². The van der Waals surface area contributed by atoms with E-state index >= 15 is 0 Å². The molecule has 4 rings (SSSR count). The highest BCUT2D eigenvalue weighted by Gasteiger charge is 2.30. The molecule has 0 saturated carbocycles. The lowest BCUT2D eigenvalue weighted by molar-refractivity contribution is 0.365. The van der Waals surface area contributed by atoms with Crippen LogP contribution in [0.4, 0.5) is 5.95 Å². The lowest BCUT2D eigenvalue weighted by Crippen LogP contribution is -2.49. The van der Waals surface area contributed by atoms with Crippen molar-refractivity contribution >= 4 is 27.0 Å². The summed E-state index contributed by atoms with van der Waals surface area (Å²) >= 11 is 0. The first-order valence-electron chi connectivity index (χ1n) is 9.88. The Hall–Kier alpha value is -2.72. The maximum atomic E-state index is 12.9. The zero-order chi connectivity index (χ0) is 21.7. The van der Waals surface area contributed by atoms with Crippen molar-refractivity contribution in [3.63, 3.8) is 0 Å². The number of aromatic nitrogens is 4. The fourth-order valence-electron chi connectivity index (χ4n) is 3.55. The standard InChI is InChI=1S/C20H26N6O3S/c1-14-5-7-15(8-6-14)30(28,29)25-11-9-24(10-12-25)19-22-17-16(18(27)23-19)13-21-26(17)20(2,3)4/h5-8,13H,9-12H2,1-4H3,(H,22,23,27). The van der Waals surface area contributed by atoms with Crippen molar-refractivity contribution in [1.29, 1.82) is 0 Å². The van der Waals surface area contributed by atoms with Crippen LogP contribution < -0.4 is 10.5 Å². The summed E-state index contributed by atoms with van der Waals surface area (Å²) in [5, 5.41) is 4.76. The minimum Gasteiger partial charge on any atom is -0.340 e. The van der Waals surface area contributed by atoms with Gasteiger partial charge in [-0.2, -0.15) is 14.4 Å². The number of rotatable bonds is 3. The SMILES string of the molecule is Cc1ccc(S(=O)(=O)N2CCN(c3nc4c(cnn4C(C)(C)C)c(=O)[nH]3)CC2)cc1. The number of nitrogens with zero attached hydrogens (tertiary/aromatic N) is 5. The molecule has 1 fully saturated rings. The summed E-state index contributed by atoms with van der Waals surface area (Å²) in [5.74, 6) is 0.436. The summed E-state index contributed by atoms with van der Waals surface area (Å²) in [6.45, 7) is 9.41. The second-order valence-electron chi connectivity index (χ2n) is 8.56. The molecule has 3 heterocycles. The number of aryl methyl sites for hydroxylation is 1. The van der Waals surface area contributed by atoms with Crippen LogP contribution in [0, 0.1) is 6.92 Å². The van der Waals surface area contributed by atoms with E-state index in [2.05, 4.69) is 15.1 Å². The summed E-state index contributed by atoms with van der Waals surface area (Å²) in [6.07, 6.45) is 1.53. The number of piperazine rings is 1. The van der Waals surface area contributed by atoms with Crippen LogP contribution in [-0.2, 0) is 15.6 Å². The molecular formula is C20H26N6O3S. The summed E-state index contributed by atoms with van der Waals surface area (Å²) < 4.78 is 29.0. The molecule has 0 amide bonds. The van der Waals surface area contributed by atoms with E-state index in [1.165, 1.54) is 10.5 Å². The van der Waals surface area contributed by atoms with Gasteiger partial charge < -0.3 is 4.90 Å². The average molecular weight is 431 g/mol. The number of aromatic amines is 1. The molecule has 1 aliphatic heterocycles. The molecule has 1 N–H and O–H groups in total. The number of H-pyrrole nitrogens is 1. The van der Waals surface area contributed by atoms with E-state index in [-0.39, 0.29) is 11.1 Å². The molecule has 0 radical (unpaired) electrons. The molecule has 0 aliphatic carbocycles. The van der Waals surface area contributed by atoms with Crippen molar-refractivity contribution in [3.05, 3.63) is 46.4 Å². The van der Waals surface area contributed by atoms with Crippen LogP contribution in [0.3, 0.4) is 0 Å². The predicted octanol–water partition coefficient (Wildman–Crippen LogP) is 1.69. The van der Waals surface area contributed by atoms with Crippen molar-refractivity contribution in [2.45, 2.75) is 38.1 Å². The molecule has 0 atom stereocenters. The Bertz CT molecular complexity index is 1230. The van der Waals surface area contributed by atoms with E-state index in [1.807, 2.05) is 32.6 Å². The Balaban J connectivity index is 1.58. The minimum absolute atomic E-state index is 0.250. The van der Waals surface area contributed by atoms with Crippen molar-refractivity contribution in [2.24, 2.45) is 0 Å². The number of sulfonamides is 1. The number of nitrogens with one attached hydrogen (secondary N) is 1. The zero-order valence-electron chi connectivity index (χ0n) is 17.6. The largest absolute Gasteiger partial charge is 0.340 e. The molecule has 0 bridgehead atoms. The number of benzene rings is 1. The highest BCUT2D eigenvalue weighted by Crippen LogP contribution is 2.22. The Morgan fingerprint density at radius 3 is 2.27 bits per heavy atom. The summed E-state index contributed by atoms with van der Waals surface area (Å²) in [6, 6.07) is 6.87. The first kappa shape index (κ1) is 20.5. The molecule has 0 unspecified atom stereocenters. The highest BCUT2D eigenvalue weighted by atomic mass is 32.2. The van der Waals surface area contributed by atoms with Crippen molar-refractivity contribution in [1.82, 2.24) is 24.1 Å². The highest BCUT2D eigenvalue weighted by molar-refractivity contribution is 7.89. The minimum atomic E-state index is -3.54. The van der Waals surface area contributed by atoms with Gasteiger partial charge in [-0.15, -0.1) is 0 Å². The maximum Gasteiger partial charge on any atom is 0.263 e. The lowest BCUT2D eigenvalue weighted by Gasteiger charge is -2.34. The average Bonchev–Trinajstić information content (AvgIpc) is 3.13. The van der Waals surface area contributed by atoms with Crippen molar-refractivity contribution in [2.75, 3.05) is 31.1 Å². The Labute approximate surface area is 175 Å². The van der Waals surface area contributed by atoms with Gasteiger partial charge in [0.05, 0.1) is 16.6 Å². The molecule has 9 nitrogen and oxygen atoms in total. The van der Waals surface area contributed by atoms with E-state index in [1.54, 1.807) is 28.9 Å². The molecular weight excluding hydrogens is 404 g/mol. The monoisotopic (exact) mass is 430 g/mol. The molecule has 160 valence electrons. The van der Waals surface area contributed by atoms with Gasteiger partial charge in [0.1, 0.15) is 5.39 Å². The fraction of sp³-hybridized carbons (Fsp3) is 0.450. The molecule has 1 aliphatic rings. The smallest absolute Gasteiger partial charge is 0.263 e. The van der Waals surface area contributed by atoms with Gasteiger partial charge in [-0.05, 0) is 39.8 Å². The third-order valence-electron chi connectivity index (χ3n) is 5.26. The second kappa shape index (κ2) is 7.21. The van der Waals surface area contributed by atoms with Crippen LogP contribution in [0.25, 0.3) is 11.0 Å². The van der Waals surface area contributed by atoms with E-state index in [9.17, 15) is 13.2 Å². The topological polar surface area (TPSA) is 104 Å². The number of hydrogen-bond acceptors (Lipinski definition) is 6. The Kier molecular flexibility index (Phi) is 4.94. The van der Waals surface area contributed by atoms with Gasteiger partial charge in [-0.25, -0.2) is 13.1 Å². The van der Waals surface area contributed by atoms with Crippen LogP contribution in [0.15, 0.2) is 40.2 Å². The zero-order valence-corrected chi connectivity index (χ0v) is 18.4. The van der Waals surface area contributed by atoms with Crippen molar-refractivity contribution in [3.8, 4) is 0 Å². The van der Waals surface area contributed by atoms with Gasteiger partial charge in [0.25, 0.3) is 5.56 Å². The van der Waals surface area contributed by atoms with Crippen LogP contribution in [0.5, 0.6) is 0 Å². The second-order valence-corrected chi connectivity index (χ2v) is 10.5. The molecule has 3 aromatic rings. The third kappa shape index (κ3) is 3.61.